The van der Waals surface area contributed by atoms with E-state index in [1.807, 2.05) is 6.07 Å². The Morgan fingerprint density at radius 2 is 2.14 bits per heavy atom. The number of benzene rings is 1. The SMILES string of the molecule is CCCc1c([C@@H]2C[C@@H]3C(C(=O)OC)=CO[C@H](C)[C@H]3CN2)[nH]c2cc(OC)ccc12. The summed E-state index contributed by atoms with van der Waals surface area (Å²) in [6, 6.07) is 6.36. The van der Waals surface area contributed by atoms with Gasteiger partial charge in [0.05, 0.1) is 32.2 Å². The van der Waals surface area contributed by atoms with E-state index in [0.717, 1.165) is 37.1 Å². The number of piperidine rings is 1. The number of hydrogen-bond donors (Lipinski definition) is 2. The van der Waals surface area contributed by atoms with E-state index in [1.54, 1.807) is 13.4 Å². The normalized spacial score (nSPS) is 26.4. The third-order valence-corrected chi connectivity index (χ3v) is 6.43. The van der Waals surface area contributed by atoms with Crippen molar-refractivity contribution in [1.82, 2.24) is 10.3 Å². The van der Waals surface area contributed by atoms with Crippen LogP contribution in [0, 0.1) is 11.8 Å². The molecule has 0 bridgehead atoms. The molecule has 4 atom stereocenters. The number of carbonyl (C=O) groups is 1. The lowest BCUT2D eigenvalue weighted by Gasteiger charge is -2.42. The summed E-state index contributed by atoms with van der Waals surface area (Å²) in [7, 11) is 3.12. The molecule has 6 nitrogen and oxygen atoms in total. The Kier molecular flexibility index (Phi) is 5.54. The van der Waals surface area contributed by atoms with Crippen molar-refractivity contribution in [2.24, 2.45) is 11.8 Å². The number of H-pyrrole nitrogens is 1. The molecule has 0 saturated carbocycles. The molecule has 29 heavy (non-hydrogen) atoms. The molecule has 6 heteroatoms. The summed E-state index contributed by atoms with van der Waals surface area (Å²) in [5.41, 5.74) is 4.31. The first-order valence-corrected chi connectivity index (χ1v) is 10.4. The lowest BCUT2D eigenvalue weighted by Crippen LogP contribution is -2.47. The minimum absolute atomic E-state index is 0.0731. The number of aromatic nitrogens is 1. The highest BCUT2D eigenvalue weighted by molar-refractivity contribution is 5.89. The van der Waals surface area contributed by atoms with Gasteiger partial charge in [-0.1, -0.05) is 13.3 Å². The average Bonchev–Trinajstić information content (AvgIpc) is 3.11. The van der Waals surface area contributed by atoms with Crippen molar-refractivity contribution in [3.63, 3.8) is 0 Å². The van der Waals surface area contributed by atoms with Crippen LogP contribution >= 0.6 is 0 Å². The minimum atomic E-state index is -0.289. The number of hydrogen-bond acceptors (Lipinski definition) is 5. The molecule has 0 amide bonds. The molecule has 0 radical (unpaired) electrons. The van der Waals surface area contributed by atoms with E-state index in [-0.39, 0.29) is 30.0 Å². The van der Waals surface area contributed by atoms with Gasteiger partial charge in [0, 0.05) is 47.1 Å². The fourth-order valence-corrected chi connectivity index (χ4v) is 4.89. The van der Waals surface area contributed by atoms with Crippen molar-refractivity contribution >= 4 is 16.9 Å². The Morgan fingerprint density at radius 3 is 2.86 bits per heavy atom. The maximum absolute atomic E-state index is 12.3. The number of aryl methyl sites for hydroxylation is 1. The predicted molar refractivity (Wildman–Crippen MR) is 112 cm³/mol. The van der Waals surface area contributed by atoms with Crippen molar-refractivity contribution < 1.29 is 19.0 Å². The number of nitrogens with one attached hydrogen (secondary N) is 2. The van der Waals surface area contributed by atoms with Gasteiger partial charge in [0.25, 0.3) is 0 Å². The van der Waals surface area contributed by atoms with Gasteiger partial charge in [-0.3, -0.25) is 0 Å². The highest BCUT2D eigenvalue weighted by atomic mass is 16.5. The van der Waals surface area contributed by atoms with E-state index in [4.69, 9.17) is 14.2 Å². The molecule has 2 aliphatic rings. The molecule has 2 aliphatic heterocycles. The first-order valence-electron chi connectivity index (χ1n) is 10.4. The quantitative estimate of drug-likeness (QED) is 0.748. The molecule has 0 aliphatic carbocycles. The topological polar surface area (TPSA) is 72.6 Å². The Labute approximate surface area is 171 Å². The van der Waals surface area contributed by atoms with Crippen LogP contribution < -0.4 is 10.1 Å². The van der Waals surface area contributed by atoms with Crippen LogP contribution in [0.25, 0.3) is 10.9 Å². The van der Waals surface area contributed by atoms with E-state index in [2.05, 4.69) is 36.3 Å². The molecule has 1 saturated heterocycles. The fraction of sp³-hybridized carbons (Fsp3) is 0.522. The molecule has 4 rings (SSSR count). The second kappa shape index (κ2) is 8.11. The highest BCUT2D eigenvalue weighted by Gasteiger charge is 2.42. The summed E-state index contributed by atoms with van der Waals surface area (Å²) in [4.78, 5) is 16.0. The summed E-state index contributed by atoms with van der Waals surface area (Å²) >= 11 is 0. The molecule has 2 aromatic rings. The first kappa shape index (κ1) is 19.8. The van der Waals surface area contributed by atoms with Gasteiger partial charge in [0.2, 0.25) is 0 Å². The highest BCUT2D eigenvalue weighted by Crippen LogP contribution is 2.42. The molecule has 156 valence electrons. The summed E-state index contributed by atoms with van der Waals surface area (Å²) in [5.74, 6) is 0.930. The summed E-state index contributed by atoms with van der Waals surface area (Å²) in [6.07, 6.45) is 4.60. The summed E-state index contributed by atoms with van der Waals surface area (Å²) < 4.78 is 16.2. The van der Waals surface area contributed by atoms with Gasteiger partial charge >= 0.3 is 5.97 Å². The number of carbonyl (C=O) groups excluding carboxylic acids is 1. The van der Waals surface area contributed by atoms with E-state index in [9.17, 15) is 4.79 Å². The van der Waals surface area contributed by atoms with Crippen LogP contribution in [0.1, 0.15) is 44.0 Å². The van der Waals surface area contributed by atoms with Crippen LogP contribution in [-0.4, -0.2) is 37.8 Å². The van der Waals surface area contributed by atoms with Crippen LogP contribution in [0.3, 0.4) is 0 Å². The molecule has 3 heterocycles. The number of ether oxygens (including phenoxy) is 3. The number of esters is 1. The Hall–Kier alpha value is -2.47. The zero-order chi connectivity index (χ0) is 20.5. The van der Waals surface area contributed by atoms with E-state index in [1.165, 1.54) is 23.8 Å². The van der Waals surface area contributed by atoms with Gasteiger partial charge in [0.1, 0.15) is 5.75 Å². The van der Waals surface area contributed by atoms with Gasteiger partial charge in [-0.05, 0) is 37.5 Å². The monoisotopic (exact) mass is 398 g/mol. The van der Waals surface area contributed by atoms with Crippen LogP contribution in [-0.2, 0) is 20.7 Å². The van der Waals surface area contributed by atoms with Crippen molar-refractivity contribution in [2.45, 2.75) is 45.3 Å². The van der Waals surface area contributed by atoms with Gasteiger partial charge in [-0.25, -0.2) is 4.79 Å². The fourth-order valence-electron chi connectivity index (χ4n) is 4.89. The number of rotatable bonds is 5. The first-order chi connectivity index (χ1) is 14.1. The Bertz CT molecular complexity index is 932. The van der Waals surface area contributed by atoms with Crippen molar-refractivity contribution in [3.05, 3.63) is 41.3 Å². The smallest absolute Gasteiger partial charge is 0.337 e. The van der Waals surface area contributed by atoms with Crippen LogP contribution in [0.4, 0.5) is 0 Å². The van der Waals surface area contributed by atoms with Crippen molar-refractivity contribution in [2.75, 3.05) is 20.8 Å². The number of aromatic amines is 1. The van der Waals surface area contributed by atoms with Gasteiger partial charge in [-0.2, -0.15) is 0 Å². The Morgan fingerprint density at radius 1 is 1.31 bits per heavy atom. The maximum Gasteiger partial charge on any atom is 0.337 e. The summed E-state index contributed by atoms with van der Waals surface area (Å²) in [6.45, 7) is 5.08. The number of methoxy groups -OCH3 is 2. The molecular weight excluding hydrogens is 368 g/mol. The molecule has 1 aromatic carbocycles. The van der Waals surface area contributed by atoms with Crippen LogP contribution in [0.5, 0.6) is 5.75 Å². The second-order valence-corrected chi connectivity index (χ2v) is 8.05. The molecule has 0 unspecified atom stereocenters. The summed E-state index contributed by atoms with van der Waals surface area (Å²) in [5, 5.41) is 4.96. The zero-order valence-corrected chi connectivity index (χ0v) is 17.6. The zero-order valence-electron chi connectivity index (χ0n) is 17.6. The van der Waals surface area contributed by atoms with E-state index in [0.29, 0.717) is 5.57 Å². The largest absolute Gasteiger partial charge is 0.497 e. The molecular formula is C23H30N2O4. The molecule has 1 aromatic heterocycles. The van der Waals surface area contributed by atoms with Gasteiger partial charge in [-0.15, -0.1) is 0 Å². The molecule has 0 spiro atoms. The van der Waals surface area contributed by atoms with Gasteiger partial charge in [0.15, 0.2) is 0 Å². The van der Waals surface area contributed by atoms with E-state index < -0.39 is 0 Å². The van der Waals surface area contributed by atoms with Crippen LogP contribution in [0.15, 0.2) is 30.0 Å². The average molecular weight is 399 g/mol. The second-order valence-electron chi connectivity index (χ2n) is 8.05. The van der Waals surface area contributed by atoms with Gasteiger partial charge < -0.3 is 24.5 Å². The maximum atomic E-state index is 12.3. The lowest BCUT2D eigenvalue weighted by atomic mass is 9.74. The standard InChI is InChI=1S/C23H30N2O4/c1-5-6-16-15-8-7-14(27-3)9-20(15)25-22(16)21-10-17-18(11-24-21)13(2)29-12-19(17)23(26)28-4/h7-9,12-13,17-18,21,24-25H,5-6,10-11H2,1-4H3/t13-,17+,18-,21+/m1/s1. The third kappa shape index (κ3) is 3.50. The third-order valence-electron chi connectivity index (χ3n) is 6.43. The van der Waals surface area contributed by atoms with Crippen molar-refractivity contribution in [3.8, 4) is 5.75 Å². The lowest BCUT2D eigenvalue weighted by molar-refractivity contribution is -0.138. The number of fused-ring (bicyclic) bond motifs is 2. The van der Waals surface area contributed by atoms with Crippen molar-refractivity contribution in [1.29, 1.82) is 0 Å². The van der Waals surface area contributed by atoms with E-state index >= 15 is 0 Å². The molecule has 1 fully saturated rings. The Balaban J connectivity index is 1.70. The van der Waals surface area contributed by atoms with Crippen LogP contribution in [0.2, 0.25) is 0 Å². The predicted octanol–water partition coefficient (Wildman–Crippen LogP) is 3.87. The molecule has 2 N–H and O–H groups in total. The minimum Gasteiger partial charge on any atom is -0.497 e.